The molecule has 0 aromatic heterocycles. The summed E-state index contributed by atoms with van der Waals surface area (Å²) in [6, 6.07) is 10.2. The van der Waals surface area contributed by atoms with Gasteiger partial charge in [0.2, 0.25) is 0 Å². The standard InChI is InChI=1S/C13H8F2INO/c14-11-5-4-10(7-12(11)15)17-13(18)8-2-1-3-9(16)6-8/h1-7H,(H,17,18). The molecule has 92 valence electrons. The van der Waals surface area contributed by atoms with Gasteiger partial charge < -0.3 is 5.32 Å². The minimum atomic E-state index is -0.990. The van der Waals surface area contributed by atoms with Gasteiger partial charge in [-0.2, -0.15) is 0 Å². The smallest absolute Gasteiger partial charge is 0.255 e. The monoisotopic (exact) mass is 359 g/mol. The van der Waals surface area contributed by atoms with E-state index in [1.54, 1.807) is 18.2 Å². The van der Waals surface area contributed by atoms with Crippen molar-refractivity contribution < 1.29 is 13.6 Å². The first-order chi connectivity index (χ1) is 8.56. The van der Waals surface area contributed by atoms with Crippen LogP contribution in [0.3, 0.4) is 0 Å². The van der Waals surface area contributed by atoms with Gasteiger partial charge in [-0.1, -0.05) is 6.07 Å². The lowest BCUT2D eigenvalue weighted by molar-refractivity contribution is 0.102. The van der Waals surface area contributed by atoms with Crippen molar-refractivity contribution in [1.29, 1.82) is 0 Å². The molecule has 5 heteroatoms. The molecule has 0 aliphatic rings. The van der Waals surface area contributed by atoms with Crippen LogP contribution in [0.15, 0.2) is 42.5 Å². The van der Waals surface area contributed by atoms with Gasteiger partial charge in [0, 0.05) is 20.9 Å². The van der Waals surface area contributed by atoms with E-state index in [-0.39, 0.29) is 11.6 Å². The molecule has 0 heterocycles. The molecule has 0 aliphatic carbocycles. The molecule has 0 bridgehead atoms. The van der Waals surface area contributed by atoms with Crippen LogP contribution in [0, 0.1) is 15.2 Å². The molecule has 2 nitrogen and oxygen atoms in total. The molecule has 2 aromatic carbocycles. The lowest BCUT2D eigenvalue weighted by atomic mass is 10.2. The maximum atomic E-state index is 13.0. The molecule has 18 heavy (non-hydrogen) atoms. The van der Waals surface area contributed by atoms with Gasteiger partial charge in [-0.25, -0.2) is 8.78 Å². The second kappa shape index (κ2) is 5.43. The van der Waals surface area contributed by atoms with Gasteiger partial charge in [0.05, 0.1) is 0 Å². The summed E-state index contributed by atoms with van der Waals surface area (Å²) in [5.41, 5.74) is 0.685. The highest BCUT2D eigenvalue weighted by Crippen LogP contribution is 2.15. The Hall–Kier alpha value is -1.50. The molecule has 2 aromatic rings. The number of halogens is 3. The molecule has 1 amide bonds. The van der Waals surface area contributed by atoms with Gasteiger partial charge >= 0.3 is 0 Å². The summed E-state index contributed by atoms with van der Waals surface area (Å²) >= 11 is 2.09. The van der Waals surface area contributed by atoms with E-state index in [9.17, 15) is 13.6 Å². The van der Waals surface area contributed by atoms with E-state index in [0.717, 1.165) is 15.7 Å². The fourth-order valence-corrected chi connectivity index (χ4v) is 1.95. The first-order valence-corrected chi connectivity index (χ1v) is 6.16. The van der Waals surface area contributed by atoms with Crippen molar-refractivity contribution in [2.24, 2.45) is 0 Å². The minimum absolute atomic E-state index is 0.220. The van der Waals surface area contributed by atoms with Crippen molar-refractivity contribution in [1.82, 2.24) is 0 Å². The zero-order valence-corrected chi connectivity index (χ0v) is 11.2. The molecule has 0 fully saturated rings. The third kappa shape index (κ3) is 3.04. The Morgan fingerprint density at radius 2 is 1.83 bits per heavy atom. The van der Waals surface area contributed by atoms with Crippen molar-refractivity contribution in [3.8, 4) is 0 Å². The van der Waals surface area contributed by atoms with Crippen molar-refractivity contribution in [2.45, 2.75) is 0 Å². The molecule has 0 atom stereocenters. The topological polar surface area (TPSA) is 29.1 Å². The van der Waals surface area contributed by atoms with Gasteiger partial charge in [0.15, 0.2) is 11.6 Å². The molecule has 2 rings (SSSR count). The SMILES string of the molecule is O=C(Nc1ccc(F)c(F)c1)c1cccc(I)c1. The number of hydrogen-bond donors (Lipinski definition) is 1. The number of amides is 1. The highest BCUT2D eigenvalue weighted by atomic mass is 127. The number of rotatable bonds is 2. The van der Waals surface area contributed by atoms with Gasteiger partial charge in [-0.3, -0.25) is 4.79 Å². The molecule has 0 spiro atoms. The third-order valence-electron chi connectivity index (χ3n) is 2.26. The molecular weight excluding hydrogens is 351 g/mol. The highest BCUT2D eigenvalue weighted by molar-refractivity contribution is 14.1. The summed E-state index contributed by atoms with van der Waals surface area (Å²) in [5.74, 6) is -2.29. The molecule has 1 N–H and O–H groups in total. The van der Waals surface area contributed by atoms with Crippen LogP contribution in [0.5, 0.6) is 0 Å². The molecule has 0 radical (unpaired) electrons. The van der Waals surface area contributed by atoms with Crippen molar-refractivity contribution in [2.75, 3.05) is 5.32 Å². The predicted octanol–water partition coefficient (Wildman–Crippen LogP) is 3.82. The van der Waals surface area contributed by atoms with Crippen molar-refractivity contribution in [3.63, 3.8) is 0 Å². The quantitative estimate of drug-likeness (QED) is 0.812. The van der Waals surface area contributed by atoms with Gasteiger partial charge in [0.1, 0.15) is 0 Å². The normalized spacial score (nSPS) is 10.2. The van der Waals surface area contributed by atoms with Crippen LogP contribution >= 0.6 is 22.6 Å². The summed E-state index contributed by atoms with van der Waals surface area (Å²) in [6.45, 7) is 0. The Morgan fingerprint density at radius 3 is 2.50 bits per heavy atom. The van der Waals surface area contributed by atoms with Crippen LogP contribution < -0.4 is 5.32 Å². The Balaban J connectivity index is 2.18. The fraction of sp³-hybridized carbons (Fsp3) is 0. The number of nitrogens with one attached hydrogen (secondary N) is 1. The number of benzene rings is 2. The highest BCUT2D eigenvalue weighted by Gasteiger charge is 2.08. The van der Waals surface area contributed by atoms with E-state index < -0.39 is 11.6 Å². The van der Waals surface area contributed by atoms with Gasteiger partial charge in [-0.15, -0.1) is 0 Å². The summed E-state index contributed by atoms with van der Waals surface area (Å²) < 4.78 is 26.6. The summed E-state index contributed by atoms with van der Waals surface area (Å²) in [4.78, 5) is 11.8. The predicted molar refractivity (Wildman–Crippen MR) is 73.5 cm³/mol. The average molecular weight is 359 g/mol. The number of carbonyl (C=O) groups excluding carboxylic acids is 1. The summed E-state index contributed by atoms with van der Waals surface area (Å²) in [7, 11) is 0. The summed E-state index contributed by atoms with van der Waals surface area (Å²) in [5, 5.41) is 2.50. The molecule has 0 saturated heterocycles. The second-order valence-corrected chi connectivity index (χ2v) is 4.84. The van der Waals surface area contributed by atoms with Crippen LogP contribution in [0.25, 0.3) is 0 Å². The second-order valence-electron chi connectivity index (χ2n) is 3.59. The first kappa shape index (κ1) is 12.9. The van der Waals surface area contributed by atoms with Gasteiger partial charge in [0.25, 0.3) is 5.91 Å². The van der Waals surface area contributed by atoms with Crippen LogP contribution in [0.2, 0.25) is 0 Å². The lowest BCUT2D eigenvalue weighted by Crippen LogP contribution is -2.12. The zero-order chi connectivity index (χ0) is 13.1. The van der Waals surface area contributed by atoms with Crippen LogP contribution in [-0.2, 0) is 0 Å². The van der Waals surface area contributed by atoms with E-state index in [1.165, 1.54) is 6.07 Å². The maximum absolute atomic E-state index is 13.0. The fourth-order valence-electron chi connectivity index (χ4n) is 1.41. The van der Waals surface area contributed by atoms with E-state index in [1.807, 2.05) is 6.07 Å². The van der Waals surface area contributed by atoms with Crippen molar-refractivity contribution >= 4 is 34.2 Å². The number of carbonyl (C=O) groups is 1. The zero-order valence-electron chi connectivity index (χ0n) is 9.08. The third-order valence-corrected chi connectivity index (χ3v) is 2.94. The van der Waals surface area contributed by atoms with E-state index in [2.05, 4.69) is 27.9 Å². The molecule has 0 unspecified atom stereocenters. The maximum Gasteiger partial charge on any atom is 0.255 e. The molecular formula is C13H8F2INO. The minimum Gasteiger partial charge on any atom is -0.322 e. The molecule has 0 saturated carbocycles. The van der Waals surface area contributed by atoms with E-state index >= 15 is 0 Å². The Labute approximate surface area is 116 Å². The Morgan fingerprint density at radius 1 is 1.06 bits per heavy atom. The van der Waals surface area contributed by atoms with Crippen LogP contribution in [-0.4, -0.2) is 5.91 Å². The lowest BCUT2D eigenvalue weighted by Gasteiger charge is -2.06. The Bertz CT molecular complexity index is 601. The number of hydrogen-bond acceptors (Lipinski definition) is 1. The van der Waals surface area contributed by atoms with E-state index in [0.29, 0.717) is 5.56 Å². The Kier molecular flexibility index (Phi) is 3.90. The average Bonchev–Trinajstić information content (AvgIpc) is 2.34. The first-order valence-electron chi connectivity index (χ1n) is 5.08. The van der Waals surface area contributed by atoms with Crippen LogP contribution in [0.4, 0.5) is 14.5 Å². The number of anilines is 1. The largest absolute Gasteiger partial charge is 0.322 e. The molecule has 0 aliphatic heterocycles. The van der Waals surface area contributed by atoms with Crippen molar-refractivity contribution in [3.05, 3.63) is 63.2 Å². The van der Waals surface area contributed by atoms with Gasteiger partial charge in [-0.05, 0) is 52.9 Å². The summed E-state index contributed by atoms with van der Waals surface area (Å²) in [6.07, 6.45) is 0. The van der Waals surface area contributed by atoms with Crippen LogP contribution in [0.1, 0.15) is 10.4 Å². The van der Waals surface area contributed by atoms with E-state index in [4.69, 9.17) is 0 Å².